The molecular formula is C22H22FN3O3. The number of hydrogen-bond donors (Lipinski definition) is 1. The van der Waals surface area contributed by atoms with Gasteiger partial charge in [-0.3, -0.25) is 9.59 Å². The summed E-state index contributed by atoms with van der Waals surface area (Å²) < 4.78 is 19.7. The van der Waals surface area contributed by atoms with Crippen molar-refractivity contribution in [1.29, 1.82) is 0 Å². The molecule has 0 saturated carbocycles. The van der Waals surface area contributed by atoms with Gasteiger partial charge in [0.1, 0.15) is 11.6 Å². The Hall–Kier alpha value is -3.48. The molecule has 6 nitrogen and oxygen atoms in total. The molecule has 0 aliphatic rings. The third kappa shape index (κ3) is 5.51. The topological polar surface area (TPSA) is 73.2 Å². The van der Waals surface area contributed by atoms with Gasteiger partial charge in [0, 0.05) is 36.7 Å². The van der Waals surface area contributed by atoms with Crippen LogP contribution < -0.4 is 15.6 Å². The zero-order valence-electron chi connectivity index (χ0n) is 16.1. The Morgan fingerprint density at radius 2 is 1.86 bits per heavy atom. The molecule has 1 amide bonds. The van der Waals surface area contributed by atoms with Gasteiger partial charge in [0.05, 0.1) is 12.8 Å². The maximum absolute atomic E-state index is 13.1. The van der Waals surface area contributed by atoms with Crippen molar-refractivity contribution in [3.63, 3.8) is 0 Å². The Bertz CT molecular complexity index is 1030. The van der Waals surface area contributed by atoms with E-state index in [9.17, 15) is 14.0 Å². The number of nitrogens with zero attached hydrogens (tertiary/aromatic N) is 2. The van der Waals surface area contributed by atoms with Gasteiger partial charge in [0.15, 0.2) is 0 Å². The standard InChI is InChI=1S/C22H22FN3O3/c1-29-20-6-3-2-5-17(20)15-24-21(27)7-4-14-26-22(28)13-12-19(25-26)16-8-10-18(23)11-9-16/h2-3,5-6,8-13H,4,7,14-15H2,1H3,(H,24,27). The first-order valence-electron chi connectivity index (χ1n) is 9.29. The number of carbonyl (C=O) groups is 1. The van der Waals surface area contributed by atoms with Gasteiger partial charge in [-0.05, 0) is 42.8 Å². The minimum atomic E-state index is -0.332. The van der Waals surface area contributed by atoms with Gasteiger partial charge in [-0.1, -0.05) is 18.2 Å². The molecule has 1 aromatic heterocycles. The molecule has 3 aromatic rings. The summed E-state index contributed by atoms with van der Waals surface area (Å²) in [6, 6.07) is 16.4. The van der Waals surface area contributed by atoms with Crippen molar-refractivity contribution in [3.05, 3.63) is 82.4 Å². The van der Waals surface area contributed by atoms with Gasteiger partial charge < -0.3 is 10.1 Å². The monoisotopic (exact) mass is 395 g/mol. The number of methoxy groups -OCH3 is 1. The summed E-state index contributed by atoms with van der Waals surface area (Å²) in [7, 11) is 1.59. The summed E-state index contributed by atoms with van der Waals surface area (Å²) in [6.45, 7) is 0.692. The second-order valence-corrected chi connectivity index (χ2v) is 6.48. The maximum Gasteiger partial charge on any atom is 0.266 e. The van der Waals surface area contributed by atoms with Crippen LogP contribution in [0.25, 0.3) is 11.3 Å². The lowest BCUT2D eigenvalue weighted by Crippen LogP contribution is -2.25. The first kappa shape index (κ1) is 20.3. The fourth-order valence-corrected chi connectivity index (χ4v) is 2.90. The van der Waals surface area contributed by atoms with E-state index in [0.717, 1.165) is 16.9 Å². The predicted molar refractivity (Wildman–Crippen MR) is 108 cm³/mol. The van der Waals surface area contributed by atoms with Crippen LogP contribution in [0.15, 0.2) is 65.5 Å². The SMILES string of the molecule is COc1ccccc1CNC(=O)CCCn1nc(-c2ccc(F)cc2)ccc1=O. The molecule has 7 heteroatoms. The molecule has 0 aliphatic carbocycles. The van der Waals surface area contributed by atoms with Gasteiger partial charge in [0.25, 0.3) is 5.56 Å². The molecule has 0 aliphatic heterocycles. The summed E-state index contributed by atoms with van der Waals surface area (Å²) in [5.41, 5.74) is 1.94. The van der Waals surface area contributed by atoms with E-state index in [4.69, 9.17) is 4.74 Å². The number of ether oxygens (including phenoxy) is 1. The predicted octanol–water partition coefficient (Wildman–Crippen LogP) is 3.15. The highest BCUT2D eigenvalue weighted by Crippen LogP contribution is 2.17. The number of halogens is 1. The zero-order valence-corrected chi connectivity index (χ0v) is 16.1. The molecule has 0 fully saturated rings. The van der Waals surface area contributed by atoms with E-state index in [1.54, 1.807) is 25.3 Å². The molecular weight excluding hydrogens is 373 g/mol. The van der Waals surface area contributed by atoms with Crippen LogP contribution in [0.5, 0.6) is 5.75 Å². The van der Waals surface area contributed by atoms with E-state index >= 15 is 0 Å². The van der Waals surface area contributed by atoms with E-state index < -0.39 is 0 Å². The molecule has 0 saturated heterocycles. The van der Waals surface area contributed by atoms with Gasteiger partial charge in [-0.2, -0.15) is 5.10 Å². The van der Waals surface area contributed by atoms with Crippen LogP contribution in [-0.2, 0) is 17.9 Å². The first-order valence-corrected chi connectivity index (χ1v) is 9.29. The quantitative estimate of drug-likeness (QED) is 0.636. The number of aryl methyl sites for hydroxylation is 1. The van der Waals surface area contributed by atoms with Crippen LogP contribution in [0, 0.1) is 5.82 Å². The molecule has 150 valence electrons. The van der Waals surface area contributed by atoms with E-state index in [1.165, 1.54) is 22.9 Å². The Morgan fingerprint density at radius 3 is 2.62 bits per heavy atom. The minimum Gasteiger partial charge on any atom is -0.496 e. The summed E-state index contributed by atoms with van der Waals surface area (Å²) in [6.07, 6.45) is 0.738. The fraction of sp³-hybridized carbons (Fsp3) is 0.227. The third-order valence-corrected chi connectivity index (χ3v) is 4.45. The normalized spacial score (nSPS) is 10.6. The van der Waals surface area contributed by atoms with Crippen LogP contribution in [0.3, 0.4) is 0 Å². The van der Waals surface area contributed by atoms with Crippen molar-refractivity contribution >= 4 is 5.91 Å². The third-order valence-electron chi connectivity index (χ3n) is 4.45. The number of amides is 1. The second kappa shape index (κ2) is 9.64. The smallest absolute Gasteiger partial charge is 0.266 e. The Labute approximate surface area is 168 Å². The van der Waals surface area contributed by atoms with Crippen molar-refractivity contribution in [2.75, 3.05) is 7.11 Å². The van der Waals surface area contributed by atoms with Crippen LogP contribution in [0.2, 0.25) is 0 Å². The number of carbonyl (C=O) groups excluding carboxylic acids is 1. The fourth-order valence-electron chi connectivity index (χ4n) is 2.90. The molecule has 1 N–H and O–H groups in total. The number of aromatic nitrogens is 2. The Morgan fingerprint density at radius 1 is 1.10 bits per heavy atom. The van der Waals surface area contributed by atoms with Crippen molar-refractivity contribution in [1.82, 2.24) is 15.1 Å². The summed E-state index contributed by atoms with van der Waals surface area (Å²) in [5.74, 6) is 0.279. The van der Waals surface area contributed by atoms with Crippen LogP contribution in [-0.4, -0.2) is 22.8 Å². The van der Waals surface area contributed by atoms with Crippen molar-refractivity contribution in [3.8, 4) is 17.0 Å². The van der Waals surface area contributed by atoms with E-state index in [1.807, 2.05) is 24.3 Å². The average Bonchev–Trinajstić information content (AvgIpc) is 2.74. The molecule has 29 heavy (non-hydrogen) atoms. The number of rotatable bonds is 8. The van der Waals surface area contributed by atoms with Gasteiger partial charge in [-0.25, -0.2) is 9.07 Å². The van der Waals surface area contributed by atoms with Gasteiger partial charge >= 0.3 is 0 Å². The van der Waals surface area contributed by atoms with E-state index in [2.05, 4.69) is 10.4 Å². The molecule has 0 spiro atoms. The van der Waals surface area contributed by atoms with Gasteiger partial charge in [0.2, 0.25) is 5.91 Å². The molecule has 0 bridgehead atoms. The lowest BCUT2D eigenvalue weighted by atomic mass is 10.1. The van der Waals surface area contributed by atoms with Crippen LogP contribution >= 0.6 is 0 Å². The highest BCUT2D eigenvalue weighted by Gasteiger charge is 2.07. The van der Waals surface area contributed by atoms with Crippen molar-refractivity contribution in [2.45, 2.75) is 25.9 Å². The maximum atomic E-state index is 13.1. The van der Waals surface area contributed by atoms with Gasteiger partial charge in [-0.15, -0.1) is 0 Å². The van der Waals surface area contributed by atoms with Crippen molar-refractivity contribution in [2.24, 2.45) is 0 Å². The lowest BCUT2D eigenvalue weighted by molar-refractivity contribution is -0.121. The summed E-state index contributed by atoms with van der Waals surface area (Å²) in [4.78, 5) is 24.2. The highest BCUT2D eigenvalue weighted by atomic mass is 19.1. The lowest BCUT2D eigenvalue weighted by Gasteiger charge is -2.10. The zero-order chi connectivity index (χ0) is 20.6. The molecule has 1 heterocycles. The molecule has 2 aromatic carbocycles. The van der Waals surface area contributed by atoms with Crippen molar-refractivity contribution < 1.29 is 13.9 Å². The van der Waals surface area contributed by atoms with E-state index in [0.29, 0.717) is 25.2 Å². The molecule has 0 atom stereocenters. The number of hydrogen-bond acceptors (Lipinski definition) is 4. The Balaban J connectivity index is 1.54. The number of benzene rings is 2. The minimum absolute atomic E-state index is 0.112. The summed E-state index contributed by atoms with van der Waals surface area (Å²) >= 11 is 0. The summed E-state index contributed by atoms with van der Waals surface area (Å²) in [5, 5.41) is 7.17. The number of nitrogens with one attached hydrogen (secondary N) is 1. The average molecular weight is 395 g/mol. The number of para-hydroxylation sites is 1. The highest BCUT2D eigenvalue weighted by molar-refractivity contribution is 5.75. The Kier molecular flexibility index (Phi) is 6.73. The molecule has 0 radical (unpaired) electrons. The van der Waals surface area contributed by atoms with Crippen LogP contribution in [0.1, 0.15) is 18.4 Å². The van der Waals surface area contributed by atoms with Crippen LogP contribution in [0.4, 0.5) is 4.39 Å². The molecule has 0 unspecified atom stereocenters. The second-order valence-electron chi connectivity index (χ2n) is 6.48. The molecule has 3 rings (SSSR count). The first-order chi connectivity index (χ1) is 14.1. The largest absolute Gasteiger partial charge is 0.496 e. The van der Waals surface area contributed by atoms with E-state index in [-0.39, 0.29) is 23.7 Å².